The summed E-state index contributed by atoms with van der Waals surface area (Å²) >= 11 is 0. The lowest BCUT2D eigenvalue weighted by atomic mass is 9.79. The minimum atomic E-state index is -0.928. The lowest BCUT2D eigenvalue weighted by Gasteiger charge is -2.34. The van der Waals surface area contributed by atoms with Crippen molar-refractivity contribution in [2.45, 2.75) is 51.0 Å². The maximum absolute atomic E-state index is 11.8. The Bertz CT molecular complexity index is 649. The van der Waals surface area contributed by atoms with Crippen molar-refractivity contribution in [1.29, 1.82) is 0 Å². The molecular weight excluding hydrogens is 322 g/mol. The number of nitrogens with one attached hydrogen (secondary N) is 1. The summed E-state index contributed by atoms with van der Waals surface area (Å²) < 4.78 is 10.8. The van der Waals surface area contributed by atoms with Crippen molar-refractivity contribution in [2.75, 3.05) is 18.5 Å². The monoisotopic (exact) mass is 347 g/mol. The fourth-order valence-corrected chi connectivity index (χ4v) is 3.45. The van der Waals surface area contributed by atoms with E-state index in [0.29, 0.717) is 44.5 Å². The van der Waals surface area contributed by atoms with E-state index in [0.717, 1.165) is 17.7 Å². The molecule has 0 atom stereocenters. The van der Waals surface area contributed by atoms with Crippen molar-refractivity contribution < 1.29 is 24.2 Å². The predicted molar refractivity (Wildman–Crippen MR) is 92.4 cm³/mol. The molecule has 1 fully saturated rings. The van der Waals surface area contributed by atoms with Gasteiger partial charge in [-0.25, -0.2) is 0 Å². The molecule has 0 saturated heterocycles. The van der Waals surface area contributed by atoms with E-state index >= 15 is 0 Å². The molecule has 1 aliphatic carbocycles. The molecule has 3 rings (SSSR count). The van der Waals surface area contributed by atoms with E-state index in [1.54, 1.807) is 13.0 Å². The van der Waals surface area contributed by atoms with Gasteiger partial charge in [-0.05, 0) is 50.7 Å². The van der Waals surface area contributed by atoms with Crippen molar-refractivity contribution in [2.24, 2.45) is 5.92 Å². The van der Waals surface area contributed by atoms with E-state index in [9.17, 15) is 14.7 Å². The summed E-state index contributed by atoms with van der Waals surface area (Å²) in [6, 6.07) is 5.62. The van der Waals surface area contributed by atoms with Gasteiger partial charge < -0.3 is 19.9 Å². The molecule has 0 spiro atoms. The Morgan fingerprint density at radius 1 is 1.32 bits per heavy atom. The van der Waals surface area contributed by atoms with Gasteiger partial charge in [-0.15, -0.1) is 0 Å². The quantitative estimate of drug-likeness (QED) is 0.799. The molecule has 0 radical (unpaired) electrons. The minimum absolute atomic E-state index is 0.0144. The summed E-state index contributed by atoms with van der Waals surface area (Å²) in [7, 11) is 0. The Balaban J connectivity index is 1.54. The summed E-state index contributed by atoms with van der Waals surface area (Å²) in [5.74, 6) is 0.345. The summed E-state index contributed by atoms with van der Waals surface area (Å²) in [4.78, 5) is 23.3. The average molecular weight is 347 g/mol. The first-order valence-electron chi connectivity index (χ1n) is 8.94. The molecule has 1 aliphatic heterocycles. The first-order chi connectivity index (χ1) is 12.0. The third-order valence-electron chi connectivity index (χ3n) is 5.02. The molecule has 6 heteroatoms. The average Bonchev–Trinajstić information content (AvgIpc) is 2.60. The smallest absolute Gasteiger partial charge is 0.308 e. The van der Waals surface area contributed by atoms with E-state index in [4.69, 9.17) is 9.47 Å². The maximum atomic E-state index is 11.8. The number of amides is 1. The molecule has 6 nitrogen and oxygen atoms in total. The zero-order valence-corrected chi connectivity index (χ0v) is 14.5. The second-order valence-electron chi connectivity index (χ2n) is 6.91. The number of fused-ring (bicyclic) bond motifs is 1. The van der Waals surface area contributed by atoms with Crippen LogP contribution >= 0.6 is 0 Å². The second-order valence-corrected chi connectivity index (χ2v) is 6.91. The molecular formula is C19H25NO5. The van der Waals surface area contributed by atoms with Crippen LogP contribution in [-0.4, -0.2) is 35.8 Å². The number of anilines is 1. The standard InChI is InChI=1S/C19H25NO5/c1-2-24-18(22)14-7-9-19(23,10-8-14)12-25-15-5-3-13-4-6-17(21)20-16(13)11-15/h3,5,11,14,23H,2,4,6-10,12H2,1H3,(H,20,21). The lowest BCUT2D eigenvalue weighted by Crippen LogP contribution is -2.41. The third-order valence-corrected chi connectivity index (χ3v) is 5.02. The highest BCUT2D eigenvalue weighted by molar-refractivity contribution is 5.94. The van der Waals surface area contributed by atoms with Crippen molar-refractivity contribution in [1.82, 2.24) is 0 Å². The number of aryl methyl sites for hydroxylation is 1. The van der Waals surface area contributed by atoms with Crippen LogP contribution in [0.3, 0.4) is 0 Å². The van der Waals surface area contributed by atoms with Gasteiger partial charge in [0, 0.05) is 18.2 Å². The van der Waals surface area contributed by atoms with Gasteiger partial charge in [0.05, 0.1) is 18.1 Å². The SMILES string of the molecule is CCOC(=O)C1CCC(O)(COc2ccc3c(c2)NC(=O)CC3)CC1. The van der Waals surface area contributed by atoms with E-state index < -0.39 is 5.60 Å². The Morgan fingerprint density at radius 3 is 2.80 bits per heavy atom. The van der Waals surface area contributed by atoms with Crippen LogP contribution in [0.5, 0.6) is 5.75 Å². The zero-order valence-electron chi connectivity index (χ0n) is 14.5. The van der Waals surface area contributed by atoms with Gasteiger partial charge in [0.15, 0.2) is 0 Å². The molecule has 2 aliphatic rings. The molecule has 1 aromatic rings. The minimum Gasteiger partial charge on any atom is -0.491 e. The normalized spacial score (nSPS) is 25.7. The molecule has 1 amide bonds. The predicted octanol–water partition coefficient (Wildman–Crippen LogP) is 2.43. The Hall–Kier alpha value is -2.08. The van der Waals surface area contributed by atoms with Gasteiger partial charge in [-0.1, -0.05) is 6.07 Å². The van der Waals surface area contributed by atoms with Crippen molar-refractivity contribution in [3.05, 3.63) is 23.8 Å². The highest BCUT2D eigenvalue weighted by Gasteiger charge is 2.37. The Morgan fingerprint density at radius 2 is 2.08 bits per heavy atom. The van der Waals surface area contributed by atoms with Crippen LogP contribution < -0.4 is 10.1 Å². The van der Waals surface area contributed by atoms with Gasteiger partial charge in [0.25, 0.3) is 0 Å². The van der Waals surface area contributed by atoms with Crippen LogP contribution in [0.15, 0.2) is 18.2 Å². The van der Waals surface area contributed by atoms with Crippen LogP contribution in [0.1, 0.15) is 44.6 Å². The molecule has 1 saturated carbocycles. The van der Waals surface area contributed by atoms with E-state index in [2.05, 4.69) is 5.32 Å². The van der Waals surface area contributed by atoms with Crippen molar-refractivity contribution in [3.8, 4) is 5.75 Å². The molecule has 136 valence electrons. The van der Waals surface area contributed by atoms with Gasteiger partial charge in [-0.2, -0.15) is 0 Å². The van der Waals surface area contributed by atoms with Crippen molar-refractivity contribution in [3.63, 3.8) is 0 Å². The molecule has 25 heavy (non-hydrogen) atoms. The fourth-order valence-electron chi connectivity index (χ4n) is 3.45. The number of aliphatic hydroxyl groups is 1. The number of rotatable bonds is 5. The molecule has 0 aromatic heterocycles. The number of benzene rings is 1. The summed E-state index contributed by atoms with van der Waals surface area (Å²) in [5.41, 5.74) is 0.953. The van der Waals surface area contributed by atoms with Gasteiger partial charge in [0.1, 0.15) is 12.4 Å². The summed E-state index contributed by atoms with van der Waals surface area (Å²) in [6.07, 6.45) is 3.49. The lowest BCUT2D eigenvalue weighted by molar-refractivity contribution is -0.151. The summed E-state index contributed by atoms with van der Waals surface area (Å²) in [5, 5.41) is 13.5. The van der Waals surface area contributed by atoms with E-state index in [1.807, 2.05) is 12.1 Å². The highest BCUT2D eigenvalue weighted by atomic mass is 16.5. The number of esters is 1. The third kappa shape index (κ3) is 4.31. The summed E-state index contributed by atoms with van der Waals surface area (Å²) in [6.45, 7) is 2.36. The number of carbonyl (C=O) groups excluding carboxylic acids is 2. The topological polar surface area (TPSA) is 84.9 Å². The van der Waals surface area contributed by atoms with Crippen LogP contribution in [0.2, 0.25) is 0 Å². The number of ether oxygens (including phenoxy) is 2. The van der Waals surface area contributed by atoms with Gasteiger partial charge in [0.2, 0.25) is 5.91 Å². The first-order valence-corrected chi connectivity index (χ1v) is 8.94. The van der Waals surface area contributed by atoms with Gasteiger partial charge >= 0.3 is 5.97 Å². The number of hydrogen-bond acceptors (Lipinski definition) is 5. The number of carbonyl (C=O) groups is 2. The van der Waals surface area contributed by atoms with E-state index in [1.165, 1.54) is 0 Å². The molecule has 1 heterocycles. The Labute approximate surface area is 147 Å². The largest absolute Gasteiger partial charge is 0.491 e. The Kier molecular flexibility index (Phi) is 5.27. The maximum Gasteiger partial charge on any atom is 0.308 e. The molecule has 0 bridgehead atoms. The van der Waals surface area contributed by atoms with Crippen LogP contribution in [0.25, 0.3) is 0 Å². The van der Waals surface area contributed by atoms with Crippen LogP contribution in [0, 0.1) is 5.92 Å². The molecule has 1 aromatic carbocycles. The molecule has 2 N–H and O–H groups in total. The first kappa shape index (κ1) is 17.7. The second kappa shape index (κ2) is 7.44. The highest BCUT2D eigenvalue weighted by Crippen LogP contribution is 2.34. The number of hydrogen-bond donors (Lipinski definition) is 2. The zero-order chi connectivity index (χ0) is 17.9. The van der Waals surface area contributed by atoms with Crippen LogP contribution in [-0.2, 0) is 20.7 Å². The van der Waals surface area contributed by atoms with Crippen molar-refractivity contribution >= 4 is 17.6 Å². The van der Waals surface area contributed by atoms with Crippen LogP contribution in [0.4, 0.5) is 5.69 Å². The van der Waals surface area contributed by atoms with Gasteiger partial charge in [-0.3, -0.25) is 9.59 Å². The van der Waals surface area contributed by atoms with E-state index in [-0.39, 0.29) is 24.4 Å². The molecule has 0 unspecified atom stereocenters. The fraction of sp³-hybridized carbons (Fsp3) is 0.579.